The van der Waals surface area contributed by atoms with Gasteiger partial charge in [-0.1, -0.05) is 0 Å². The van der Waals surface area contributed by atoms with Crippen molar-refractivity contribution in [2.45, 2.75) is 6.54 Å². The van der Waals surface area contributed by atoms with E-state index in [9.17, 15) is 0 Å². The molecule has 146 valence electrons. The minimum absolute atomic E-state index is 0.874. The zero-order chi connectivity index (χ0) is 18.8. The van der Waals surface area contributed by atoms with Crippen LogP contribution in [0.3, 0.4) is 0 Å². The zero-order valence-corrected chi connectivity index (χ0v) is 16.5. The van der Waals surface area contributed by atoms with Crippen molar-refractivity contribution in [3.63, 3.8) is 0 Å². The summed E-state index contributed by atoms with van der Waals surface area (Å²) < 4.78 is 2.06. The van der Waals surface area contributed by atoms with Crippen molar-refractivity contribution in [3.8, 4) is 0 Å². The molecule has 2 aliphatic heterocycles. The first-order valence-corrected chi connectivity index (χ1v) is 10.7. The molecule has 0 saturated carbocycles. The lowest BCUT2D eigenvalue weighted by Crippen LogP contribution is -2.44. The fraction of sp³-hybridized carbons (Fsp3) is 0.421. The molecule has 0 aromatic carbocycles. The van der Waals surface area contributed by atoms with E-state index in [4.69, 9.17) is 0 Å². The highest BCUT2D eigenvalue weighted by molar-refractivity contribution is 8.08. The van der Waals surface area contributed by atoms with Crippen LogP contribution in [0, 0.1) is 0 Å². The molecule has 5 heterocycles. The van der Waals surface area contributed by atoms with Gasteiger partial charge in [0.05, 0.1) is 18.1 Å². The summed E-state index contributed by atoms with van der Waals surface area (Å²) >= 11 is 1.88. The zero-order valence-electron chi connectivity index (χ0n) is 15.7. The molecule has 0 unspecified atom stereocenters. The van der Waals surface area contributed by atoms with Gasteiger partial charge in [0, 0.05) is 74.1 Å². The van der Waals surface area contributed by atoms with Gasteiger partial charge in [-0.2, -0.15) is 5.10 Å². The Morgan fingerprint density at radius 3 is 2.96 bits per heavy atom. The maximum absolute atomic E-state index is 4.59. The number of aromatic amines is 1. The predicted molar refractivity (Wildman–Crippen MR) is 113 cm³/mol. The average molecular weight is 397 g/mol. The molecule has 5 rings (SSSR count). The van der Waals surface area contributed by atoms with Crippen LogP contribution in [0.25, 0.3) is 15.9 Å². The molecule has 0 bridgehead atoms. The molecule has 28 heavy (non-hydrogen) atoms. The van der Waals surface area contributed by atoms with Crippen LogP contribution in [-0.4, -0.2) is 74.7 Å². The highest BCUT2D eigenvalue weighted by Gasteiger charge is 2.18. The maximum Gasteiger partial charge on any atom is 0.145 e. The first-order chi connectivity index (χ1) is 13.9. The largest absolute Gasteiger partial charge is 0.346 e. The maximum atomic E-state index is 4.59. The molecule has 3 aromatic rings. The van der Waals surface area contributed by atoms with E-state index in [0.717, 1.165) is 68.4 Å². The lowest BCUT2D eigenvalue weighted by molar-refractivity contribution is 0.229. The van der Waals surface area contributed by atoms with Crippen molar-refractivity contribution in [2.24, 2.45) is 0 Å². The van der Waals surface area contributed by atoms with Crippen LogP contribution in [0.1, 0.15) is 5.56 Å². The third-order valence-electron chi connectivity index (χ3n) is 5.24. The number of fused-ring (bicyclic) bond motifs is 1. The molecule has 2 N–H and O–H groups in total. The van der Waals surface area contributed by atoms with Crippen LogP contribution in [0.15, 0.2) is 37.2 Å². The van der Waals surface area contributed by atoms with E-state index in [1.807, 2.05) is 30.2 Å². The van der Waals surface area contributed by atoms with Crippen molar-refractivity contribution >= 4 is 33.5 Å². The number of nitrogens with zero attached hydrogens (tertiary/aromatic N) is 6. The number of nitrogens with one attached hydrogen (secondary N) is 2. The number of hydrogen-bond acceptors (Lipinski definition) is 7. The fourth-order valence-corrected chi connectivity index (χ4v) is 4.68. The number of aromatic nitrogens is 5. The Balaban J connectivity index is 1.32. The van der Waals surface area contributed by atoms with Crippen LogP contribution in [0.5, 0.6) is 0 Å². The summed E-state index contributed by atoms with van der Waals surface area (Å²) in [5.41, 5.74) is 2.05. The van der Waals surface area contributed by atoms with Gasteiger partial charge in [-0.25, -0.2) is 9.97 Å². The van der Waals surface area contributed by atoms with E-state index < -0.39 is 0 Å². The van der Waals surface area contributed by atoms with E-state index >= 15 is 0 Å². The monoisotopic (exact) mass is 396 g/mol. The number of hydrogen-bond donors (Lipinski definition) is 2. The van der Waals surface area contributed by atoms with Crippen molar-refractivity contribution in [1.82, 2.24) is 34.9 Å². The number of thioether (sulfide) groups is 1. The molecule has 0 radical (unpaired) electrons. The van der Waals surface area contributed by atoms with Gasteiger partial charge in [0.25, 0.3) is 0 Å². The summed E-state index contributed by atoms with van der Waals surface area (Å²) in [6.45, 7) is 7.32. The Morgan fingerprint density at radius 1 is 1.11 bits per heavy atom. The van der Waals surface area contributed by atoms with Gasteiger partial charge >= 0.3 is 0 Å². The highest BCUT2D eigenvalue weighted by Crippen LogP contribution is 2.34. The Morgan fingerprint density at radius 2 is 2.04 bits per heavy atom. The molecule has 1 fully saturated rings. The van der Waals surface area contributed by atoms with Gasteiger partial charge in [0.15, 0.2) is 0 Å². The van der Waals surface area contributed by atoms with Gasteiger partial charge in [-0.05, 0) is 6.07 Å². The van der Waals surface area contributed by atoms with Crippen LogP contribution in [0.4, 0.5) is 5.82 Å². The topological polar surface area (TPSA) is 77.9 Å². The highest BCUT2D eigenvalue weighted by atomic mass is 32.2. The third-order valence-corrected chi connectivity index (χ3v) is 6.28. The summed E-state index contributed by atoms with van der Waals surface area (Å²) in [6.07, 6.45) is 9.87. The Kier molecular flexibility index (Phi) is 5.03. The number of piperazine rings is 1. The van der Waals surface area contributed by atoms with Gasteiger partial charge in [0.2, 0.25) is 0 Å². The summed E-state index contributed by atoms with van der Waals surface area (Å²) in [5, 5.41) is 9.04. The van der Waals surface area contributed by atoms with E-state index in [2.05, 4.69) is 52.2 Å². The van der Waals surface area contributed by atoms with Gasteiger partial charge < -0.3 is 15.2 Å². The molecule has 0 spiro atoms. The molecule has 2 aliphatic rings. The molecule has 0 aliphatic carbocycles. The Hall–Kier alpha value is -2.36. The van der Waals surface area contributed by atoms with Gasteiger partial charge in [-0.15, -0.1) is 11.8 Å². The fourth-order valence-electron chi connectivity index (χ4n) is 3.70. The van der Waals surface area contributed by atoms with Gasteiger partial charge in [0.1, 0.15) is 17.8 Å². The third kappa shape index (κ3) is 3.65. The lowest BCUT2D eigenvalue weighted by Gasteiger charge is -2.27. The second-order valence-electron chi connectivity index (χ2n) is 7.06. The molecule has 1 saturated heterocycles. The Bertz CT molecular complexity index is 971. The molecular formula is C19H24N8S. The minimum atomic E-state index is 0.874. The van der Waals surface area contributed by atoms with E-state index in [-0.39, 0.29) is 0 Å². The number of rotatable bonds is 5. The molecule has 8 nitrogen and oxygen atoms in total. The number of H-pyrrole nitrogens is 1. The van der Waals surface area contributed by atoms with E-state index in [1.54, 1.807) is 6.33 Å². The summed E-state index contributed by atoms with van der Waals surface area (Å²) in [5.74, 6) is 1.98. The number of anilines is 1. The van der Waals surface area contributed by atoms with E-state index in [1.165, 1.54) is 10.5 Å². The molecular weight excluding hydrogens is 372 g/mol. The van der Waals surface area contributed by atoms with Crippen LogP contribution in [0.2, 0.25) is 0 Å². The molecule has 0 amide bonds. The lowest BCUT2D eigenvalue weighted by atomic mass is 10.3. The van der Waals surface area contributed by atoms with Crippen LogP contribution in [-0.2, 0) is 6.54 Å². The average Bonchev–Trinajstić information content (AvgIpc) is 3.42. The van der Waals surface area contributed by atoms with Crippen LogP contribution >= 0.6 is 11.8 Å². The minimum Gasteiger partial charge on any atom is -0.346 e. The van der Waals surface area contributed by atoms with Crippen LogP contribution < -0.4 is 10.2 Å². The predicted octanol–water partition coefficient (Wildman–Crippen LogP) is 1.61. The summed E-state index contributed by atoms with van der Waals surface area (Å²) in [6, 6.07) is 2.04. The standard InChI is InChI=1S/C19H24N8S/c1-2-21-18-16(1)19(23-14-22-18)26-9-10-28-17(13-26)15-11-24-27(12-15)8-7-25-5-3-20-4-6-25/h1-2,11-14,20H,3-10H2,(H,21,22,23). The van der Waals surface area contributed by atoms with E-state index in [0.29, 0.717) is 0 Å². The molecule has 3 aromatic heterocycles. The Labute approximate surface area is 168 Å². The van der Waals surface area contributed by atoms with Crippen molar-refractivity contribution in [1.29, 1.82) is 0 Å². The normalized spacial score (nSPS) is 18.6. The summed E-state index contributed by atoms with van der Waals surface area (Å²) in [7, 11) is 0. The molecule has 0 atom stereocenters. The summed E-state index contributed by atoms with van der Waals surface area (Å²) in [4.78, 5) is 17.9. The SMILES string of the molecule is C1=C(c2cnn(CCN3CCNCC3)c2)SCCN1c1ncnc2[nH]ccc12. The van der Waals surface area contributed by atoms with Gasteiger partial charge in [-0.3, -0.25) is 9.58 Å². The van der Waals surface area contributed by atoms with Crippen molar-refractivity contribution < 1.29 is 0 Å². The first kappa shape index (κ1) is 17.7. The van der Waals surface area contributed by atoms with Crippen molar-refractivity contribution in [3.05, 3.63) is 42.7 Å². The molecule has 9 heteroatoms. The van der Waals surface area contributed by atoms with Crippen molar-refractivity contribution in [2.75, 3.05) is 49.9 Å². The first-order valence-electron chi connectivity index (χ1n) is 9.72. The second-order valence-corrected chi connectivity index (χ2v) is 8.19. The second kappa shape index (κ2) is 7.94. The smallest absolute Gasteiger partial charge is 0.145 e. The quantitative estimate of drug-likeness (QED) is 0.678.